The fraction of sp³-hybridized carbons (Fsp3) is 0.481. The SMILES string of the molecule is CC(C)(C)c1cc(CC(C)(C)c2cc3ccccc3[nH]2)cc(N[C@H]2CCN(S(C)(=O)=O)C2)c1. The third kappa shape index (κ3) is 5.44. The van der Waals surface area contributed by atoms with E-state index in [1.54, 1.807) is 4.31 Å². The fourth-order valence-electron chi connectivity index (χ4n) is 4.74. The van der Waals surface area contributed by atoms with Gasteiger partial charge in [0.05, 0.1) is 6.26 Å². The standard InChI is InChI=1S/C27H37N3O2S/c1-26(2,3)21-13-19(14-23(16-21)28-22-11-12-30(18-22)33(6,31)32)17-27(4,5)25-15-20-9-7-8-10-24(20)29-25/h7-10,13-16,22,28-29H,11-12,17-18H2,1-6H3/t22-/m0/s1. The van der Waals surface area contributed by atoms with Crippen LogP contribution in [-0.4, -0.2) is 43.1 Å². The van der Waals surface area contributed by atoms with E-state index in [1.807, 2.05) is 0 Å². The van der Waals surface area contributed by atoms with Crippen LogP contribution in [0, 0.1) is 0 Å². The second-order valence-electron chi connectivity index (χ2n) is 11.3. The number of sulfonamides is 1. The second-order valence-corrected chi connectivity index (χ2v) is 13.2. The number of hydrogen-bond donors (Lipinski definition) is 2. The van der Waals surface area contributed by atoms with E-state index < -0.39 is 10.0 Å². The van der Waals surface area contributed by atoms with Crippen molar-refractivity contribution >= 4 is 26.6 Å². The van der Waals surface area contributed by atoms with Crippen molar-refractivity contribution in [2.45, 2.75) is 64.3 Å². The fourth-order valence-corrected chi connectivity index (χ4v) is 5.62. The molecule has 1 aliphatic rings. The average Bonchev–Trinajstić information content (AvgIpc) is 3.34. The third-order valence-electron chi connectivity index (χ3n) is 6.75. The van der Waals surface area contributed by atoms with Crippen molar-refractivity contribution in [3.8, 4) is 0 Å². The van der Waals surface area contributed by atoms with Gasteiger partial charge >= 0.3 is 0 Å². The summed E-state index contributed by atoms with van der Waals surface area (Å²) < 4.78 is 25.4. The van der Waals surface area contributed by atoms with E-state index in [1.165, 1.54) is 34.0 Å². The molecule has 2 N–H and O–H groups in total. The molecule has 1 aromatic heterocycles. The number of hydrogen-bond acceptors (Lipinski definition) is 3. The molecule has 5 nitrogen and oxygen atoms in total. The highest BCUT2D eigenvalue weighted by Gasteiger charge is 2.29. The minimum atomic E-state index is -3.14. The van der Waals surface area contributed by atoms with E-state index >= 15 is 0 Å². The molecule has 0 aliphatic carbocycles. The van der Waals surface area contributed by atoms with Gasteiger partial charge in [0.25, 0.3) is 0 Å². The van der Waals surface area contributed by atoms with Crippen LogP contribution in [0.3, 0.4) is 0 Å². The van der Waals surface area contributed by atoms with Crippen LogP contribution in [0.5, 0.6) is 0 Å². The Bertz CT molecular complexity index is 1220. The molecule has 0 spiro atoms. The Hall–Kier alpha value is -2.31. The summed E-state index contributed by atoms with van der Waals surface area (Å²) in [6.07, 6.45) is 3.01. The molecule has 0 radical (unpaired) electrons. The van der Waals surface area contributed by atoms with Crippen molar-refractivity contribution in [1.29, 1.82) is 0 Å². The highest BCUT2D eigenvalue weighted by molar-refractivity contribution is 7.88. The van der Waals surface area contributed by atoms with E-state index in [9.17, 15) is 8.42 Å². The Morgan fingerprint density at radius 1 is 1.06 bits per heavy atom. The predicted octanol–water partition coefficient (Wildman–Crippen LogP) is 5.43. The molecular formula is C27H37N3O2S. The first-order valence-electron chi connectivity index (χ1n) is 11.8. The largest absolute Gasteiger partial charge is 0.381 e. The minimum Gasteiger partial charge on any atom is -0.381 e. The quantitative estimate of drug-likeness (QED) is 0.508. The maximum Gasteiger partial charge on any atom is 0.211 e. The van der Waals surface area contributed by atoms with Crippen molar-refractivity contribution in [2.24, 2.45) is 0 Å². The molecule has 6 heteroatoms. The topological polar surface area (TPSA) is 65.2 Å². The summed E-state index contributed by atoms with van der Waals surface area (Å²) in [7, 11) is -3.14. The van der Waals surface area contributed by atoms with E-state index in [-0.39, 0.29) is 16.9 Å². The molecule has 3 aromatic rings. The minimum absolute atomic E-state index is 0.0200. The maximum absolute atomic E-state index is 11.9. The average molecular weight is 468 g/mol. The zero-order valence-electron chi connectivity index (χ0n) is 20.7. The van der Waals surface area contributed by atoms with Gasteiger partial charge < -0.3 is 10.3 Å². The van der Waals surface area contributed by atoms with Crippen LogP contribution >= 0.6 is 0 Å². The van der Waals surface area contributed by atoms with Crippen molar-refractivity contribution in [1.82, 2.24) is 9.29 Å². The number of fused-ring (bicyclic) bond motifs is 1. The van der Waals surface area contributed by atoms with Crippen molar-refractivity contribution in [3.05, 3.63) is 65.4 Å². The third-order valence-corrected chi connectivity index (χ3v) is 8.02. The zero-order valence-corrected chi connectivity index (χ0v) is 21.5. The molecule has 1 atom stereocenters. The van der Waals surface area contributed by atoms with Gasteiger partial charge in [0, 0.05) is 41.4 Å². The molecule has 1 fully saturated rings. The van der Waals surface area contributed by atoms with E-state index in [4.69, 9.17) is 0 Å². The summed E-state index contributed by atoms with van der Waals surface area (Å²) in [4.78, 5) is 3.62. The Morgan fingerprint density at radius 2 is 1.79 bits per heavy atom. The summed E-state index contributed by atoms with van der Waals surface area (Å²) in [6, 6.07) is 17.6. The van der Waals surface area contributed by atoms with E-state index in [0.29, 0.717) is 13.1 Å². The van der Waals surface area contributed by atoms with Crippen LogP contribution < -0.4 is 5.32 Å². The number of rotatable bonds is 6. The predicted molar refractivity (Wildman–Crippen MR) is 139 cm³/mol. The Kier molecular flexibility index (Phi) is 6.12. The van der Waals surface area contributed by atoms with Gasteiger partial charge in [0.15, 0.2) is 0 Å². The van der Waals surface area contributed by atoms with Crippen LogP contribution in [0.4, 0.5) is 5.69 Å². The van der Waals surface area contributed by atoms with E-state index in [2.05, 4.69) is 93.5 Å². The van der Waals surface area contributed by atoms with Gasteiger partial charge in [-0.3, -0.25) is 0 Å². The van der Waals surface area contributed by atoms with Gasteiger partial charge in [-0.1, -0.05) is 58.9 Å². The van der Waals surface area contributed by atoms with Crippen LogP contribution in [0.1, 0.15) is 57.9 Å². The van der Waals surface area contributed by atoms with Crippen LogP contribution in [0.15, 0.2) is 48.5 Å². The zero-order chi connectivity index (χ0) is 24.0. The number of aromatic amines is 1. The molecule has 1 saturated heterocycles. The highest BCUT2D eigenvalue weighted by atomic mass is 32.2. The van der Waals surface area contributed by atoms with Gasteiger partial charge in [-0.2, -0.15) is 0 Å². The van der Waals surface area contributed by atoms with Crippen LogP contribution in [-0.2, 0) is 27.3 Å². The first-order valence-corrected chi connectivity index (χ1v) is 13.6. The first-order chi connectivity index (χ1) is 15.3. The van der Waals surface area contributed by atoms with Crippen LogP contribution in [0.2, 0.25) is 0 Å². The Labute approximate surface area is 198 Å². The van der Waals surface area contributed by atoms with Gasteiger partial charge in [-0.25, -0.2) is 12.7 Å². The number of para-hydroxylation sites is 1. The number of nitrogens with zero attached hydrogens (tertiary/aromatic N) is 1. The van der Waals surface area contributed by atoms with Gasteiger partial charge in [0.1, 0.15) is 0 Å². The number of H-pyrrole nitrogens is 1. The van der Waals surface area contributed by atoms with Gasteiger partial charge in [-0.15, -0.1) is 0 Å². The lowest BCUT2D eigenvalue weighted by molar-refractivity contribution is 0.480. The Morgan fingerprint density at radius 3 is 2.42 bits per heavy atom. The monoisotopic (exact) mass is 467 g/mol. The number of anilines is 1. The second kappa shape index (κ2) is 8.48. The Balaban J connectivity index is 1.61. The summed E-state index contributed by atoms with van der Waals surface area (Å²) in [6.45, 7) is 12.4. The molecule has 2 heterocycles. The van der Waals surface area contributed by atoms with Crippen LogP contribution in [0.25, 0.3) is 10.9 Å². The molecule has 2 aromatic carbocycles. The number of aromatic nitrogens is 1. The molecule has 33 heavy (non-hydrogen) atoms. The molecule has 0 bridgehead atoms. The maximum atomic E-state index is 11.9. The number of benzene rings is 2. The molecule has 0 unspecified atom stereocenters. The summed E-state index contributed by atoms with van der Waals surface area (Å²) >= 11 is 0. The smallest absolute Gasteiger partial charge is 0.211 e. The van der Waals surface area contributed by atoms with Crippen molar-refractivity contribution in [3.63, 3.8) is 0 Å². The molecule has 0 saturated carbocycles. The summed E-state index contributed by atoms with van der Waals surface area (Å²) in [5, 5.41) is 4.87. The van der Waals surface area contributed by atoms with Crippen molar-refractivity contribution < 1.29 is 8.42 Å². The molecule has 178 valence electrons. The normalized spacial score (nSPS) is 18.2. The molecular weight excluding hydrogens is 430 g/mol. The lowest BCUT2D eigenvalue weighted by atomic mass is 9.80. The highest BCUT2D eigenvalue weighted by Crippen LogP contribution is 2.33. The van der Waals surface area contributed by atoms with Crippen molar-refractivity contribution in [2.75, 3.05) is 24.7 Å². The summed E-state index contributed by atoms with van der Waals surface area (Å²) in [5.74, 6) is 0. The van der Waals surface area contributed by atoms with Gasteiger partial charge in [0.2, 0.25) is 10.0 Å². The number of nitrogens with one attached hydrogen (secondary N) is 2. The molecule has 4 rings (SSSR count). The van der Waals surface area contributed by atoms with E-state index in [0.717, 1.165) is 18.5 Å². The van der Waals surface area contributed by atoms with Gasteiger partial charge in [-0.05, 0) is 59.0 Å². The summed E-state index contributed by atoms with van der Waals surface area (Å²) in [5.41, 5.74) is 6.01. The molecule has 0 amide bonds. The lowest BCUT2D eigenvalue weighted by Crippen LogP contribution is -2.30. The molecule has 1 aliphatic heterocycles. The lowest BCUT2D eigenvalue weighted by Gasteiger charge is -2.27. The first kappa shape index (κ1) is 23.8.